The van der Waals surface area contributed by atoms with E-state index >= 15 is 0 Å². The molecule has 1 heterocycles. The molecule has 0 spiro atoms. The van der Waals surface area contributed by atoms with Gasteiger partial charge in [0, 0.05) is 23.2 Å². The summed E-state index contributed by atoms with van der Waals surface area (Å²) in [6.45, 7) is 1.13. The number of nitrogens with zero attached hydrogens (tertiary/aromatic N) is 1. The Morgan fingerprint density at radius 3 is 2.56 bits per heavy atom. The Labute approximate surface area is 144 Å². The number of methoxy groups -OCH3 is 1. The quantitative estimate of drug-likeness (QED) is 0.656. The maximum Gasteiger partial charge on any atom is 0.274 e. The minimum absolute atomic E-state index is 0.101. The largest absolute Gasteiger partial charge is 0.497 e. The van der Waals surface area contributed by atoms with Crippen LogP contribution < -0.4 is 15.0 Å². The number of rotatable bonds is 3. The molecule has 0 aromatic heterocycles. The monoisotopic (exact) mass is 342 g/mol. The molecule has 2 N–H and O–H groups in total. The number of amides is 2. The molecule has 0 atom stereocenters. The first-order valence-corrected chi connectivity index (χ1v) is 7.76. The first kappa shape index (κ1) is 16.8. The van der Waals surface area contributed by atoms with Gasteiger partial charge in [-0.05, 0) is 36.4 Å². The maximum atomic E-state index is 12.7. The van der Waals surface area contributed by atoms with Crippen LogP contribution in [0.1, 0.15) is 26.3 Å². The van der Waals surface area contributed by atoms with Gasteiger partial charge in [0.25, 0.3) is 11.8 Å². The molecule has 0 fully saturated rings. The molecule has 0 aliphatic carbocycles. The molecule has 2 amide bonds. The zero-order chi connectivity index (χ0) is 17.8. The van der Waals surface area contributed by atoms with E-state index in [-0.39, 0.29) is 11.5 Å². The van der Waals surface area contributed by atoms with Gasteiger partial charge >= 0.3 is 0 Å². The third kappa shape index (κ3) is 3.56. The lowest BCUT2D eigenvalue weighted by Gasteiger charge is -2.20. The molecule has 7 heteroatoms. The van der Waals surface area contributed by atoms with Gasteiger partial charge in [0.05, 0.1) is 13.7 Å². The second kappa shape index (κ2) is 7.23. The van der Waals surface area contributed by atoms with Gasteiger partial charge < -0.3 is 14.4 Å². The van der Waals surface area contributed by atoms with E-state index in [2.05, 4.69) is 0 Å². The minimum Gasteiger partial charge on any atom is -0.497 e. The van der Waals surface area contributed by atoms with E-state index in [0.717, 1.165) is 5.56 Å². The normalized spacial score (nSPS) is 13.3. The molecule has 130 valence electrons. The smallest absolute Gasteiger partial charge is 0.274 e. The van der Waals surface area contributed by atoms with Gasteiger partial charge in [-0.2, -0.15) is 0 Å². The number of hydrogen-bond acceptors (Lipinski definition) is 5. The van der Waals surface area contributed by atoms with Crippen molar-refractivity contribution in [1.82, 2.24) is 10.4 Å². The van der Waals surface area contributed by atoms with Gasteiger partial charge in [0.2, 0.25) is 0 Å². The average molecular weight is 342 g/mol. The van der Waals surface area contributed by atoms with Crippen molar-refractivity contribution in [2.24, 2.45) is 0 Å². The maximum absolute atomic E-state index is 12.7. The van der Waals surface area contributed by atoms with Crippen molar-refractivity contribution in [3.63, 3.8) is 0 Å². The zero-order valence-electron chi connectivity index (χ0n) is 13.7. The third-order valence-electron chi connectivity index (χ3n) is 4.04. The molecule has 0 bridgehead atoms. The van der Waals surface area contributed by atoms with Crippen molar-refractivity contribution in [2.45, 2.75) is 6.54 Å². The Morgan fingerprint density at radius 1 is 1.16 bits per heavy atom. The fourth-order valence-electron chi connectivity index (χ4n) is 2.67. The Kier molecular flexibility index (Phi) is 4.85. The number of carbonyl (C=O) groups excluding carboxylic acids is 2. The van der Waals surface area contributed by atoms with Crippen molar-refractivity contribution in [3.05, 3.63) is 59.2 Å². The summed E-state index contributed by atoms with van der Waals surface area (Å²) >= 11 is 0. The topological polar surface area (TPSA) is 88.1 Å². The standard InChI is InChI=1S/C18H18N2O5/c1-24-15-6-4-12(5-7-15)18(22)20-8-9-25-16-10-13(17(21)19-23)2-3-14(16)11-20/h2-7,10,23H,8-9,11H2,1H3,(H,19,21). The zero-order valence-corrected chi connectivity index (χ0v) is 13.7. The van der Waals surface area contributed by atoms with E-state index in [1.54, 1.807) is 60.0 Å². The van der Waals surface area contributed by atoms with Crippen LogP contribution >= 0.6 is 0 Å². The summed E-state index contributed by atoms with van der Waals surface area (Å²) in [5.41, 5.74) is 3.25. The van der Waals surface area contributed by atoms with Gasteiger partial charge in [0.1, 0.15) is 18.1 Å². The number of hydrogen-bond donors (Lipinski definition) is 2. The summed E-state index contributed by atoms with van der Waals surface area (Å²) in [7, 11) is 1.57. The summed E-state index contributed by atoms with van der Waals surface area (Å²) in [6.07, 6.45) is 0. The van der Waals surface area contributed by atoms with Crippen molar-refractivity contribution in [1.29, 1.82) is 0 Å². The molecule has 0 radical (unpaired) electrons. The highest BCUT2D eigenvalue weighted by Gasteiger charge is 2.22. The van der Waals surface area contributed by atoms with Crippen LogP contribution in [0.5, 0.6) is 11.5 Å². The Balaban J connectivity index is 1.81. The van der Waals surface area contributed by atoms with Crippen LogP contribution in [0.2, 0.25) is 0 Å². The lowest BCUT2D eigenvalue weighted by Crippen LogP contribution is -2.32. The molecule has 1 aliphatic rings. The second-order valence-corrected chi connectivity index (χ2v) is 5.57. The van der Waals surface area contributed by atoms with Crippen LogP contribution in [-0.2, 0) is 6.54 Å². The number of fused-ring (bicyclic) bond motifs is 1. The predicted molar refractivity (Wildman–Crippen MR) is 88.9 cm³/mol. The van der Waals surface area contributed by atoms with Crippen LogP contribution in [-0.4, -0.2) is 42.2 Å². The third-order valence-corrected chi connectivity index (χ3v) is 4.04. The summed E-state index contributed by atoms with van der Waals surface area (Å²) in [5.74, 6) is 0.514. The van der Waals surface area contributed by atoms with Crippen molar-refractivity contribution < 1.29 is 24.3 Å². The molecule has 0 saturated heterocycles. The number of ether oxygens (including phenoxy) is 2. The van der Waals surface area contributed by atoms with E-state index in [4.69, 9.17) is 14.7 Å². The number of carbonyl (C=O) groups is 2. The second-order valence-electron chi connectivity index (χ2n) is 5.57. The fourth-order valence-corrected chi connectivity index (χ4v) is 2.67. The number of nitrogens with one attached hydrogen (secondary N) is 1. The van der Waals surface area contributed by atoms with Gasteiger partial charge in [-0.25, -0.2) is 5.48 Å². The predicted octanol–water partition coefficient (Wildman–Crippen LogP) is 1.85. The van der Waals surface area contributed by atoms with E-state index in [1.807, 2.05) is 0 Å². The van der Waals surface area contributed by atoms with Gasteiger partial charge in [-0.3, -0.25) is 14.8 Å². The van der Waals surface area contributed by atoms with Crippen LogP contribution in [0.25, 0.3) is 0 Å². The van der Waals surface area contributed by atoms with Gasteiger partial charge in [0.15, 0.2) is 0 Å². The Morgan fingerprint density at radius 2 is 1.88 bits per heavy atom. The van der Waals surface area contributed by atoms with Crippen molar-refractivity contribution in [2.75, 3.05) is 20.3 Å². The molecular formula is C18H18N2O5. The number of hydroxylamine groups is 1. The van der Waals surface area contributed by atoms with E-state index < -0.39 is 5.91 Å². The van der Waals surface area contributed by atoms with E-state index in [0.29, 0.717) is 36.8 Å². The van der Waals surface area contributed by atoms with Crippen LogP contribution in [0, 0.1) is 0 Å². The molecule has 2 aromatic carbocycles. The van der Waals surface area contributed by atoms with Gasteiger partial charge in [-0.1, -0.05) is 6.07 Å². The van der Waals surface area contributed by atoms with Crippen LogP contribution in [0.4, 0.5) is 0 Å². The van der Waals surface area contributed by atoms with Crippen molar-refractivity contribution in [3.8, 4) is 11.5 Å². The molecule has 2 aromatic rings. The molecule has 7 nitrogen and oxygen atoms in total. The van der Waals surface area contributed by atoms with E-state index in [1.165, 1.54) is 0 Å². The molecule has 1 aliphatic heterocycles. The summed E-state index contributed by atoms with van der Waals surface area (Å²) in [5, 5.41) is 8.72. The van der Waals surface area contributed by atoms with Crippen LogP contribution in [0.3, 0.4) is 0 Å². The molecule has 0 unspecified atom stereocenters. The number of benzene rings is 2. The van der Waals surface area contributed by atoms with Crippen LogP contribution in [0.15, 0.2) is 42.5 Å². The lowest BCUT2D eigenvalue weighted by atomic mass is 10.1. The van der Waals surface area contributed by atoms with E-state index in [9.17, 15) is 9.59 Å². The molecule has 0 saturated carbocycles. The lowest BCUT2D eigenvalue weighted by molar-refractivity contribution is 0.0705. The summed E-state index contributed by atoms with van der Waals surface area (Å²) in [6, 6.07) is 11.8. The summed E-state index contributed by atoms with van der Waals surface area (Å²) in [4.78, 5) is 25.9. The SMILES string of the molecule is COc1ccc(C(=O)N2CCOc3cc(C(=O)NO)ccc3C2)cc1. The molecular weight excluding hydrogens is 324 g/mol. The molecule has 25 heavy (non-hydrogen) atoms. The molecule has 3 rings (SSSR count). The Bertz CT molecular complexity index is 789. The Hall–Kier alpha value is -3.06. The summed E-state index contributed by atoms with van der Waals surface area (Å²) < 4.78 is 10.8. The minimum atomic E-state index is -0.609. The highest BCUT2D eigenvalue weighted by Crippen LogP contribution is 2.25. The average Bonchev–Trinajstić information content (AvgIpc) is 2.88. The van der Waals surface area contributed by atoms with Gasteiger partial charge in [-0.15, -0.1) is 0 Å². The highest BCUT2D eigenvalue weighted by atomic mass is 16.5. The first-order valence-electron chi connectivity index (χ1n) is 7.76. The van der Waals surface area contributed by atoms with Crippen molar-refractivity contribution >= 4 is 11.8 Å². The highest BCUT2D eigenvalue weighted by molar-refractivity contribution is 5.95. The first-order chi connectivity index (χ1) is 12.1. The fraction of sp³-hybridized carbons (Fsp3) is 0.222.